The summed E-state index contributed by atoms with van der Waals surface area (Å²) in [6, 6.07) is 1.63. The number of halogens is 3. The van der Waals surface area contributed by atoms with Gasteiger partial charge < -0.3 is 4.90 Å². The number of thiophene rings is 1. The van der Waals surface area contributed by atoms with Crippen molar-refractivity contribution in [2.75, 3.05) is 26.2 Å². The molecule has 0 spiro atoms. The Hall–Kier alpha value is 0.820. The van der Waals surface area contributed by atoms with E-state index in [1.807, 2.05) is 0 Å². The van der Waals surface area contributed by atoms with Gasteiger partial charge in [-0.3, -0.25) is 0 Å². The van der Waals surface area contributed by atoms with Crippen LogP contribution in [0.5, 0.6) is 0 Å². The highest BCUT2D eigenvalue weighted by Crippen LogP contribution is 2.34. The quantitative estimate of drug-likeness (QED) is 0.604. The average molecular weight is 497 g/mol. The molecule has 2 rings (SSSR count). The van der Waals surface area contributed by atoms with Crippen molar-refractivity contribution in [1.29, 1.82) is 0 Å². The van der Waals surface area contributed by atoms with Crippen LogP contribution in [0.4, 0.5) is 0 Å². The van der Waals surface area contributed by atoms with Gasteiger partial charge in [0.05, 0.1) is 3.79 Å². The standard InChI is InChI=1S/C13H20Br2N2O2S2.ClH/c1-10-3-7-17(8-4-10)6-2-5-16-21(18,19)12-9-11(14)13(15)20-12;/h9-10,16H,2-8H2,1H3;1H. The topological polar surface area (TPSA) is 49.4 Å². The Labute approximate surface area is 159 Å². The summed E-state index contributed by atoms with van der Waals surface area (Å²) < 4.78 is 28.9. The highest BCUT2D eigenvalue weighted by molar-refractivity contribution is 9.13. The Morgan fingerprint density at radius 2 is 2.00 bits per heavy atom. The van der Waals surface area contributed by atoms with E-state index >= 15 is 0 Å². The van der Waals surface area contributed by atoms with Gasteiger partial charge in [0.15, 0.2) is 0 Å². The van der Waals surface area contributed by atoms with Crippen LogP contribution in [-0.4, -0.2) is 39.5 Å². The van der Waals surface area contributed by atoms with Gasteiger partial charge in [-0.25, -0.2) is 13.1 Å². The fourth-order valence-electron chi connectivity index (χ4n) is 2.33. The lowest BCUT2D eigenvalue weighted by molar-refractivity contribution is 0.191. The number of sulfonamides is 1. The van der Waals surface area contributed by atoms with Crippen molar-refractivity contribution >= 4 is 65.6 Å². The van der Waals surface area contributed by atoms with Crippen LogP contribution < -0.4 is 4.72 Å². The van der Waals surface area contributed by atoms with E-state index in [1.165, 1.54) is 24.2 Å². The summed E-state index contributed by atoms with van der Waals surface area (Å²) in [7, 11) is -3.38. The lowest BCUT2D eigenvalue weighted by atomic mass is 9.99. The molecule has 0 saturated carbocycles. The Balaban J connectivity index is 0.00000242. The first kappa shape index (κ1) is 20.9. The largest absolute Gasteiger partial charge is 0.303 e. The Bertz CT molecular complexity index is 553. The fraction of sp³-hybridized carbons (Fsp3) is 0.692. The van der Waals surface area contributed by atoms with Crippen molar-refractivity contribution < 1.29 is 8.42 Å². The SMILES string of the molecule is CC1CCN(CCCNS(=O)(=O)c2cc(Br)c(Br)s2)CC1.Cl. The molecule has 22 heavy (non-hydrogen) atoms. The van der Waals surface area contributed by atoms with Crippen LogP contribution in [0.15, 0.2) is 18.5 Å². The van der Waals surface area contributed by atoms with Crippen molar-refractivity contribution in [3.63, 3.8) is 0 Å². The summed E-state index contributed by atoms with van der Waals surface area (Å²) in [4.78, 5) is 2.42. The van der Waals surface area contributed by atoms with E-state index in [4.69, 9.17) is 0 Å². The van der Waals surface area contributed by atoms with Crippen LogP contribution in [0.2, 0.25) is 0 Å². The fourth-order valence-corrected chi connectivity index (χ4v) is 6.26. The number of nitrogens with one attached hydrogen (secondary N) is 1. The van der Waals surface area contributed by atoms with Gasteiger partial charge in [-0.2, -0.15) is 0 Å². The van der Waals surface area contributed by atoms with Gasteiger partial charge in [-0.1, -0.05) is 6.92 Å². The maximum atomic E-state index is 12.1. The minimum atomic E-state index is -3.38. The van der Waals surface area contributed by atoms with Crippen LogP contribution in [-0.2, 0) is 10.0 Å². The predicted octanol–water partition coefficient (Wildman–Crippen LogP) is 4.10. The van der Waals surface area contributed by atoms with Crippen molar-refractivity contribution in [3.05, 3.63) is 14.3 Å². The molecule has 0 radical (unpaired) electrons. The zero-order valence-corrected chi connectivity index (χ0v) is 18.0. The van der Waals surface area contributed by atoms with E-state index in [-0.39, 0.29) is 12.4 Å². The average Bonchev–Trinajstić information content (AvgIpc) is 2.78. The first-order chi connectivity index (χ1) is 9.88. The van der Waals surface area contributed by atoms with Crippen LogP contribution in [0.1, 0.15) is 26.2 Å². The summed E-state index contributed by atoms with van der Waals surface area (Å²) in [5.41, 5.74) is 0. The molecule has 9 heteroatoms. The number of likely N-dealkylation sites (tertiary alicyclic amines) is 1. The number of rotatable bonds is 6. The smallest absolute Gasteiger partial charge is 0.250 e. The molecule has 0 amide bonds. The Morgan fingerprint density at radius 1 is 1.36 bits per heavy atom. The lowest BCUT2D eigenvalue weighted by Gasteiger charge is -2.30. The molecule has 1 N–H and O–H groups in total. The first-order valence-corrected chi connectivity index (χ1v) is 10.9. The van der Waals surface area contributed by atoms with Crippen LogP contribution >= 0.6 is 55.6 Å². The molecule has 0 bridgehead atoms. The molecule has 1 aromatic heterocycles. The number of hydrogen-bond acceptors (Lipinski definition) is 4. The zero-order valence-electron chi connectivity index (χ0n) is 12.3. The third kappa shape index (κ3) is 6.03. The van der Waals surface area contributed by atoms with Crippen LogP contribution in [0, 0.1) is 5.92 Å². The minimum Gasteiger partial charge on any atom is -0.303 e. The van der Waals surface area contributed by atoms with Gasteiger partial charge in [0.2, 0.25) is 10.0 Å². The van der Waals surface area contributed by atoms with E-state index in [1.54, 1.807) is 6.07 Å². The number of nitrogens with zero attached hydrogens (tertiary/aromatic N) is 1. The molecule has 1 aromatic rings. The molecule has 1 aliphatic rings. The summed E-state index contributed by atoms with van der Waals surface area (Å²) in [5, 5.41) is 0. The molecule has 0 aliphatic carbocycles. The second kappa shape index (κ2) is 9.34. The van der Waals surface area contributed by atoms with Crippen molar-refractivity contribution in [2.24, 2.45) is 5.92 Å². The molecule has 0 unspecified atom stereocenters. The summed E-state index contributed by atoms with van der Waals surface area (Å²) >= 11 is 7.85. The maximum absolute atomic E-state index is 12.1. The molecule has 0 aromatic carbocycles. The summed E-state index contributed by atoms with van der Waals surface area (Å²) in [6.45, 7) is 6.02. The molecular weight excluding hydrogens is 476 g/mol. The molecule has 1 saturated heterocycles. The second-order valence-corrected chi connectivity index (χ2v) is 10.7. The van der Waals surface area contributed by atoms with Gasteiger partial charge in [0, 0.05) is 11.0 Å². The van der Waals surface area contributed by atoms with Crippen LogP contribution in [0.25, 0.3) is 0 Å². The molecule has 2 heterocycles. The van der Waals surface area contributed by atoms with Crippen molar-refractivity contribution in [3.8, 4) is 0 Å². The van der Waals surface area contributed by atoms with E-state index < -0.39 is 10.0 Å². The van der Waals surface area contributed by atoms with Gasteiger partial charge in [-0.15, -0.1) is 23.7 Å². The molecule has 0 atom stereocenters. The highest BCUT2D eigenvalue weighted by atomic mass is 79.9. The predicted molar refractivity (Wildman–Crippen MR) is 102 cm³/mol. The van der Waals surface area contributed by atoms with E-state index in [0.717, 1.165) is 40.2 Å². The summed E-state index contributed by atoms with van der Waals surface area (Å²) in [5.74, 6) is 0.829. The maximum Gasteiger partial charge on any atom is 0.250 e. The number of piperidine rings is 1. The number of hydrogen-bond donors (Lipinski definition) is 1. The highest BCUT2D eigenvalue weighted by Gasteiger charge is 2.19. The molecular formula is C13H21Br2ClN2O2S2. The van der Waals surface area contributed by atoms with Gasteiger partial charge >= 0.3 is 0 Å². The Morgan fingerprint density at radius 3 is 2.55 bits per heavy atom. The van der Waals surface area contributed by atoms with Gasteiger partial charge in [-0.05, 0) is 82.7 Å². The van der Waals surface area contributed by atoms with Gasteiger partial charge in [0.1, 0.15) is 4.21 Å². The normalized spacial score (nSPS) is 17.4. The molecule has 128 valence electrons. The van der Waals surface area contributed by atoms with Crippen molar-refractivity contribution in [1.82, 2.24) is 9.62 Å². The van der Waals surface area contributed by atoms with E-state index in [9.17, 15) is 8.42 Å². The van der Waals surface area contributed by atoms with Crippen molar-refractivity contribution in [2.45, 2.75) is 30.4 Å². The minimum absolute atomic E-state index is 0. The zero-order chi connectivity index (χ0) is 15.5. The van der Waals surface area contributed by atoms with E-state index in [2.05, 4.69) is 48.4 Å². The van der Waals surface area contributed by atoms with E-state index in [0.29, 0.717) is 10.8 Å². The molecule has 4 nitrogen and oxygen atoms in total. The second-order valence-electron chi connectivity index (χ2n) is 5.46. The van der Waals surface area contributed by atoms with Gasteiger partial charge in [0.25, 0.3) is 0 Å². The molecule has 1 fully saturated rings. The first-order valence-electron chi connectivity index (χ1n) is 7.05. The summed E-state index contributed by atoms with van der Waals surface area (Å²) in [6.07, 6.45) is 3.35. The lowest BCUT2D eigenvalue weighted by Crippen LogP contribution is -2.35. The third-order valence-electron chi connectivity index (χ3n) is 3.71. The monoisotopic (exact) mass is 494 g/mol. The van der Waals surface area contributed by atoms with Crippen LogP contribution in [0.3, 0.4) is 0 Å². The molecule has 1 aliphatic heterocycles. The Kier molecular flexibility index (Phi) is 8.86. The third-order valence-corrected chi connectivity index (χ3v) is 8.90.